The second-order valence-corrected chi connectivity index (χ2v) is 7.59. The molecule has 12 nitrogen and oxygen atoms in total. The van der Waals surface area contributed by atoms with Gasteiger partial charge in [0.1, 0.15) is 24.1 Å². The van der Waals surface area contributed by atoms with Crippen molar-refractivity contribution in [3.05, 3.63) is 36.3 Å². The van der Waals surface area contributed by atoms with Crippen molar-refractivity contribution in [1.82, 2.24) is 24.5 Å². The quantitative estimate of drug-likeness (QED) is 0.234. The van der Waals surface area contributed by atoms with E-state index in [4.69, 9.17) is 15.2 Å². The van der Waals surface area contributed by atoms with Crippen LogP contribution < -0.4 is 10.5 Å². The summed E-state index contributed by atoms with van der Waals surface area (Å²) in [6, 6.07) is 5.11. The van der Waals surface area contributed by atoms with Crippen molar-refractivity contribution >= 4 is 27.9 Å². The molecule has 4 aromatic rings. The molecule has 4 unspecified atom stereocenters. The fraction of sp³-hybridized carbons (Fsp3) is 0.350. The van der Waals surface area contributed by atoms with Crippen LogP contribution in [0.15, 0.2) is 30.7 Å². The number of imidazole rings is 1. The van der Waals surface area contributed by atoms with Gasteiger partial charge in [-0.05, 0) is 23.8 Å². The number of phenols is 1. The molecule has 3 aromatic heterocycles. The Morgan fingerprint density at radius 3 is 2.84 bits per heavy atom. The summed E-state index contributed by atoms with van der Waals surface area (Å²) in [6.07, 6.45) is -0.734. The number of aromatic hydroxyl groups is 1. The van der Waals surface area contributed by atoms with Crippen LogP contribution in [0.1, 0.15) is 11.8 Å². The number of hydrogen-bond acceptors (Lipinski definition) is 10. The Bertz CT molecular complexity index is 1270. The Morgan fingerprint density at radius 2 is 2.06 bits per heavy atom. The Kier molecular flexibility index (Phi) is 5.06. The Hall–Kier alpha value is -3.45. The maximum absolute atomic E-state index is 10.3. The summed E-state index contributed by atoms with van der Waals surface area (Å²) in [5.41, 5.74) is 8.43. The van der Waals surface area contributed by atoms with E-state index in [0.29, 0.717) is 11.9 Å². The summed E-state index contributed by atoms with van der Waals surface area (Å²) in [4.78, 5) is 15.8. The first kappa shape index (κ1) is 20.5. The number of benzene rings is 1. The summed E-state index contributed by atoms with van der Waals surface area (Å²) in [7, 11) is 0. The van der Waals surface area contributed by atoms with Gasteiger partial charge in [-0.25, -0.2) is 4.98 Å². The van der Waals surface area contributed by atoms with Crippen molar-refractivity contribution in [2.45, 2.75) is 31.0 Å². The summed E-state index contributed by atoms with van der Waals surface area (Å²) < 4.78 is 12.7. The zero-order valence-electron chi connectivity index (χ0n) is 16.8. The van der Waals surface area contributed by atoms with Crippen LogP contribution in [-0.2, 0) is 11.2 Å². The van der Waals surface area contributed by atoms with Crippen LogP contribution >= 0.6 is 0 Å². The average molecular weight is 442 g/mol. The van der Waals surface area contributed by atoms with Gasteiger partial charge in [0.15, 0.2) is 23.2 Å². The largest absolute Gasteiger partial charge is 0.508 e. The van der Waals surface area contributed by atoms with E-state index in [9.17, 15) is 20.4 Å². The highest BCUT2D eigenvalue weighted by Crippen LogP contribution is 2.32. The number of ether oxygens (including phenoxy) is 2. The molecule has 5 rings (SSSR count). The number of aliphatic hydroxyl groups excluding tert-OH is 3. The molecule has 168 valence electrons. The van der Waals surface area contributed by atoms with E-state index < -0.39 is 31.1 Å². The molecule has 0 aliphatic carbocycles. The van der Waals surface area contributed by atoms with Crippen molar-refractivity contribution < 1.29 is 29.9 Å². The number of hydrogen-bond donors (Lipinski definition) is 6. The number of anilines is 1. The summed E-state index contributed by atoms with van der Waals surface area (Å²) in [5.74, 6) is 0.270. The average Bonchev–Trinajstić information content (AvgIpc) is 3.45. The molecular weight excluding hydrogens is 420 g/mol. The van der Waals surface area contributed by atoms with Gasteiger partial charge in [0.05, 0.1) is 19.5 Å². The zero-order chi connectivity index (χ0) is 22.4. The highest BCUT2D eigenvalue weighted by atomic mass is 16.6. The lowest BCUT2D eigenvalue weighted by molar-refractivity contribution is -0.0511. The van der Waals surface area contributed by atoms with Gasteiger partial charge in [-0.1, -0.05) is 0 Å². The van der Waals surface area contributed by atoms with E-state index in [1.54, 1.807) is 18.2 Å². The second kappa shape index (κ2) is 7.91. The number of aromatic nitrogens is 5. The Balaban J connectivity index is 1.37. The highest BCUT2D eigenvalue weighted by Gasteiger charge is 2.44. The molecule has 0 bridgehead atoms. The van der Waals surface area contributed by atoms with Gasteiger partial charge in [0.2, 0.25) is 0 Å². The number of H-pyrrole nitrogens is 1. The third-order valence-electron chi connectivity index (χ3n) is 5.57. The molecule has 7 N–H and O–H groups in total. The molecule has 1 aromatic carbocycles. The molecule has 0 amide bonds. The minimum atomic E-state index is -1.29. The van der Waals surface area contributed by atoms with Crippen molar-refractivity contribution in [3.63, 3.8) is 0 Å². The minimum absolute atomic E-state index is 0.0196. The summed E-state index contributed by atoms with van der Waals surface area (Å²) in [6.45, 7) is -0.200. The molecule has 0 radical (unpaired) electrons. The molecule has 0 saturated carbocycles. The van der Waals surface area contributed by atoms with Gasteiger partial charge < -0.3 is 40.6 Å². The molecule has 4 heterocycles. The number of nitrogens with two attached hydrogens (primary N) is 1. The van der Waals surface area contributed by atoms with E-state index in [1.165, 1.54) is 10.9 Å². The molecule has 1 saturated heterocycles. The Labute approximate surface area is 180 Å². The van der Waals surface area contributed by atoms with Gasteiger partial charge in [-0.2, -0.15) is 9.97 Å². The number of nitrogens with one attached hydrogen (secondary N) is 1. The van der Waals surface area contributed by atoms with E-state index in [-0.39, 0.29) is 29.8 Å². The van der Waals surface area contributed by atoms with Crippen LogP contribution in [0.3, 0.4) is 0 Å². The maximum Gasteiger partial charge on any atom is 0.320 e. The number of rotatable bonds is 6. The summed E-state index contributed by atoms with van der Waals surface area (Å²) in [5, 5.41) is 40.3. The smallest absolute Gasteiger partial charge is 0.320 e. The van der Waals surface area contributed by atoms with Crippen LogP contribution in [0.2, 0.25) is 0 Å². The number of nitrogens with zero attached hydrogens (tertiary/aromatic N) is 4. The monoisotopic (exact) mass is 442 g/mol. The lowest BCUT2D eigenvalue weighted by atomic mass is 10.1. The van der Waals surface area contributed by atoms with E-state index >= 15 is 0 Å². The lowest BCUT2D eigenvalue weighted by Crippen LogP contribution is -2.33. The van der Waals surface area contributed by atoms with Crippen molar-refractivity contribution in [1.29, 1.82) is 0 Å². The van der Waals surface area contributed by atoms with Crippen LogP contribution in [-0.4, -0.2) is 76.5 Å². The van der Waals surface area contributed by atoms with Gasteiger partial charge in [0.25, 0.3) is 0 Å². The first-order chi connectivity index (χ1) is 15.5. The molecule has 12 heteroatoms. The molecule has 4 atom stereocenters. The number of fused-ring (bicyclic) bond motifs is 2. The molecule has 1 aliphatic rings. The van der Waals surface area contributed by atoms with E-state index in [0.717, 1.165) is 16.5 Å². The minimum Gasteiger partial charge on any atom is -0.508 e. The third-order valence-corrected chi connectivity index (χ3v) is 5.57. The zero-order valence-corrected chi connectivity index (χ0v) is 16.8. The highest BCUT2D eigenvalue weighted by molar-refractivity contribution is 5.84. The predicted octanol–water partition coefficient (Wildman–Crippen LogP) is -0.172. The van der Waals surface area contributed by atoms with Crippen LogP contribution in [0.5, 0.6) is 11.8 Å². The van der Waals surface area contributed by atoms with E-state index in [1.807, 2.05) is 6.20 Å². The fourth-order valence-electron chi connectivity index (χ4n) is 3.90. The maximum atomic E-state index is 10.3. The van der Waals surface area contributed by atoms with Crippen molar-refractivity contribution in [2.24, 2.45) is 0 Å². The summed E-state index contributed by atoms with van der Waals surface area (Å²) >= 11 is 0. The lowest BCUT2D eigenvalue weighted by Gasteiger charge is -2.16. The SMILES string of the molecule is Nc1nc(OCCc2c[nH]c3ccc(O)cc23)nc2c1ncn2C1OC(CO)C(O)C1O. The van der Waals surface area contributed by atoms with Gasteiger partial charge in [-0.3, -0.25) is 4.57 Å². The number of nitrogen functional groups attached to an aromatic ring is 1. The first-order valence-electron chi connectivity index (χ1n) is 10.0. The van der Waals surface area contributed by atoms with Crippen molar-refractivity contribution in [3.8, 4) is 11.8 Å². The van der Waals surface area contributed by atoms with Gasteiger partial charge >= 0.3 is 6.01 Å². The predicted molar refractivity (Wildman–Crippen MR) is 112 cm³/mol. The normalized spacial score (nSPS) is 23.3. The van der Waals surface area contributed by atoms with Crippen LogP contribution in [0.4, 0.5) is 5.82 Å². The standard InChI is InChI=1S/C20H22N6O6/c21-17-14-18(26(8-23-14)19-16(30)15(29)13(7-27)32-19)25-20(24-17)31-4-3-9-6-22-12-2-1-10(28)5-11(9)12/h1-2,5-6,8,13,15-16,19,22,27-30H,3-4,7H2,(H2,21,24,25). The van der Waals surface area contributed by atoms with Crippen LogP contribution in [0, 0.1) is 0 Å². The fourth-order valence-corrected chi connectivity index (χ4v) is 3.90. The molecular formula is C20H22N6O6. The number of phenolic OH excluding ortho intramolecular Hbond substituents is 1. The van der Waals surface area contributed by atoms with Crippen LogP contribution in [0.25, 0.3) is 22.1 Å². The molecule has 0 spiro atoms. The first-order valence-corrected chi connectivity index (χ1v) is 10.0. The van der Waals surface area contributed by atoms with Crippen molar-refractivity contribution in [2.75, 3.05) is 18.9 Å². The molecule has 1 aliphatic heterocycles. The Morgan fingerprint density at radius 1 is 1.22 bits per heavy atom. The number of aromatic amines is 1. The topological polar surface area (TPSA) is 185 Å². The molecule has 1 fully saturated rings. The van der Waals surface area contributed by atoms with Gasteiger partial charge in [0, 0.05) is 23.5 Å². The number of aliphatic hydroxyl groups is 3. The second-order valence-electron chi connectivity index (χ2n) is 7.59. The van der Waals surface area contributed by atoms with Gasteiger partial charge in [-0.15, -0.1) is 0 Å². The van der Waals surface area contributed by atoms with E-state index in [2.05, 4.69) is 19.9 Å². The molecule has 32 heavy (non-hydrogen) atoms. The third kappa shape index (κ3) is 3.39.